The van der Waals surface area contributed by atoms with Crippen LogP contribution >= 0.6 is 22.6 Å². The van der Waals surface area contributed by atoms with Gasteiger partial charge in [-0.05, 0) is 53.6 Å². The number of carbonyl (C=O) groups excluding carboxylic acids is 2. The number of benzene rings is 2. The number of amides is 1. The maximum atomic E-state index is 12.8. The lowest BCUT2D eigenvalue weighted by molar-refractivity contribution is -0.140. The molecular weight excluding hydrogens is 469 g/mol. The number of aliphatic hydroxyl groups excluding tert-OH is 1. The van der Waals surface area contributed by atoms with Crippen molar-refractivity contribution in [1.29, 1.82) is 0 Å². The number of hydrogen-bond donors (Lipinski definition) is 1. The number of hydrogen-bond acceptors (Lipinski definition) is 4. The van der Waals surface area contributed by atoms with Crippen molar-refractivity contribution in [2.75, 3.05) is 20.3 Å². The Kier molecular flexibility index (Phi) is 6.51. The van der Waals surface area contributed by atoms with Gasteiger partial charge in [0.2, 0.25) is 0 Å². The normalized spacial score (nSPS) is 18.7. The molecule has 1 heterocycles. The number of likely N-dealkylation sites (tertiary alicyclic amines) is 1. The Morgan fingerprint density at radius 3 is 2.36 bits per heavy atom. The molecule has 0 spiro atoms. The van der Waals surface area contributed by atoms with E-state index in [0.29, 0.717) is 25.1 Å². The molecule has 5 nitrogen and oxygen atoms in total. The molecule has 1 fully saturated rings. The van der Waals surface area contributed by atoms with Crippen molar-refractivity contribution in [2.24, 2.45) is 0 Å². The van der Waals surface area contributed by atoms with E-state index in [9.17, 15) is 14.7 Å². The second kappa shape index (κ2) is 8.87. The summed E-state index contributed by atoms with van der Waals surface area (Å²) >= 11 is 2.21. The Bertz CT molecular complexity index is 903. The van der Waals surface area contributed by atoms with Gasteiger partial charge in [-0.15, -0.1) is 0 Å². The number of aliphatic hydroxyl groups is 1. The predicted molar refractivity (Wildman–Crippen MR) is 116 cm³/mol. The predicted octanol–water partition coefficient (Wildman–Crippen LogP) is 4.06. The van der Waals surface area contributed by atoms with E-state index in [4.69, 9.17) is 4.74 Å². The van der Waals surface area contributed by atoms with Crippen LogP contribution in [0.4, 0.5) is 0 Å². The number of rotatable bonds is 6. The number of aryl methyl sites for hydroxylation is 1. The lowest BCUT2D eigenvalue weighted by atomic mass is 9.95. The van der Waals surface area contributed by atoms with Gasteiger partial charge in [-0.3, -0.25) is 9.59 Å². The molecule has 0 saturated carbocycles. The highest BCUT2D eigenvalue weighted by Gasteiger charge is 2.45. The summed E-state index contributed by atoms with van der Waals surface area (Å²) in [6.07, 6.45) is 0.606. The summed E-state index contributed by atoms with van der Waals surface area (Å²) in [5, 5.41) is 10.9. The molecule has 0 aliphatic carbocycles. The van der Waals surface area contributed by atoms with Crippen LogP contribution in [0.3, 0.4) is 0 Å². The van der Waals surface area contributed by atoms with Gasteiger partial charge in [0.15, 0.2) is 0 Å². The zero-order valence-electron chi connectivity index (χ0n) is 15.8. The number of Topliss-reactive ketones (excluding diaryl/α,β-unsaturated/α-hetero) is 1. The minimum Gasteiger partial charge on any atom is -0.507 e. The van der Waals surface area contributed by atoms with Crippen LogP contribution in [0.25, 0.3) is 5.76 Å². The molecule has 3 rings (SSSR count). The van der Waals surface area contributed by atoms with Crippen LogP contribution in [0.15, 0.2) is 54.1 Å². The Hall–Kier alpha value is -2.19. The molecule has 0 unspecified atom stereocenters. The zero-order valence-corrected chi connectivity index (χ0v) is 18.0. The van der Waals surface area contributed by atoms with Crippen LogP contribution in [0.1, 0.15) is 29.2 Å². The molecule has 146 valence electrons. The highest BCUT2D eigenvalue weighted by molar-refractivity contribution is 14.1. The molecule has 0 radical (unpaired) electrons. The Morgan fingerprint density at radius 1 is 1.11 bits per heavy atom. The molecule has 1 aliphatic heterocycles. The fraction of sp³-hybridized carbons (Fsp3) is 0.273. The Morgan fingerprint density at radius 2 is 1.75 bits per heavy atom. The van der Waals surface area contributed by atoms with Crippen molar-refractivity contribution in [3.05, 3.63) is 74.4 Å². The summed E-state index contributed by atoms with van der Waals surface area (Å²) in [7, 11) is 1.60. The maximum absolute atomic E-state index is 12.8. The fourth-order valence-electron chi connectivity index (χ4n) is 3.35. The maximum Gasteiger partial charge on any atom is 0.295 e. The molecular formula is C22H22INO4. The summed E-state index contributed by atoms with van der Waals surface area (Å²) in [6, 6.07) is 14.3. The summed E-state index contributed by atoms with van der Waals surface area (Å²) in [5.41, 5.74) is 2.50. The van der Waals surface area contributed by atoms with E-state index < -0.39 is 17.7 Å². The molecule has 0 aromatic heterocycles. The Balaban J connectivity index is 2.10. The fourth-order valence-corrected chi connectivity index (χ4v) is 3.71. The minimum absolute atomic E-state index is 0.132. The second-order valence-corrected chi connectivity index (χ2v) is 8.00. The zero-order chi connectivity index (χ0) is 20.3. The highest BCUT2D eigenvalue weighted by atomic mass is 127. The quantitative estimate of drug-likeness (QED) is 0.218. The average Bonchev–Trinajstić information content (AvgIpc) is 2.94. The van der Waals surface area contributed by atoms with Gasteiger partial charge in [-0.25, -0.2) is 0 Å². The topological polar surface area (TPSA) is 66.8 Å². The standard InChI is InChI=1S/C22H22INO4/c1-14-4-6-16(7-5-14)20(25)18-19(15-8-10-17(23)11-9-15)24(12-3-13-28-2)22(27)21(18)26/h4-11,19,25H,3,12-13H2,1-2H3/b20-18+/t19-/m0/s1. The van der Waals surface area contributed by atoms with E-state index in [2.05, 4.69) is 22.6 Å². The first kappa shape index (κ1) is 20.5. The van der Waals surface area contributed by atoms with Crippen molar-refractivity contribution < 1.29 is 19.4 Å². The number of ketones is 1. The van der Waals surface area contributed by atoms with Gasteiger partial charge in [0.25, 0.3) is 11.7 Å². The number of nitrogens with zero attached hydrogens (tertiary/aromatic N) is 1. The highest BCUT2D eigenvalue weighted by Crippen LogP contribution is 2.39. The van der Waals surface area contributed by atoms with Crippen molar-refractivity contribution in [3.63, 3.8) is 0 Å². The van der Waals surface area contributed by atoms with Gasteiger partial charge in [0.1, 0.15) is 5.76 Å². The van der Waals surface area contributed by atoms with Crippen molar-refractivity contribution >= 4 is 40.0 Å². The van der Waals surface area contributed by atoms with E-state index >= 15 is 0 Å². The van der Waals surface area contributed by atoms with Gasteiger partial charge < -0.3 is 14.7 Å². The molecule has 1 atom stereocenters. The first-order valence-electron chi connectivity index (χ1n) is 9.04. The molecule has 28 heavy (non-hydrogen) atoms. The molecule has 1 amide bonds. The molecule has 1 N–H and O–H groups in total. The molecule has 6 heteroatoms. The summed E-state index contributed by atoms with van der Waals surface area (Å²) in [6.45, 7) is 2.81. The third-order valence-corrected chi connectivity index (χ3v) is 5.52. The van der Waals surface area contributed by atoms with Crippen LogP contribution < -0.4 is 0 Å². The summed E-state index contributed by atoms with van der Waals surface area (Å²) in [5.74, 6) is -1.39. The lowest BCUT2D eigenvalue weighted by Crippen LogP contribution is -2.31. The molecule has 1 saturated heterocycles. The number of halogens is 1. The van der Waals surface area contributed by atoms with Gasteiger partial charge in [0, 0.05) is 29.4 Å². The number of ether oxygens (including phenoxy) is 1. The molecule has 0 bridgehead atoms. The van der Waals surface area contributed by atoms with E-state index in [1.165, 1.54) is 4.90 Å². The Labute approximate surface area is 178 Å². The van der Waals surface area contributed by atoms with Crippen molar-refractivity contribution in [3.8, 4) is 0 Å². The largest absolute Gasteiger partial charge is 0.507 e. The number of methoxy groups -OCH3 is 1. The van der Waals surface area contributed by atoms with Gasteiger partial charge in [-0.2, -0.15) is 0 Å². The van der Waals surface area contributed by atoms with Crippen LogP contribution in [0.2, 0.25) is 0 Å². The third-order valence-electron chi connectivity index (χ3n) is 4.80. The average molecular weight is 491 g/mol. The first-order chi connectivity index (χ1) is 13.4. The van der Waals surface area contributed by atoms with Crippen molar-refractivity contribution in [1.82, 2.24) is 4.90 Å². The third kappa shape index (κ3) is 4.12. The van der Waals surface area contributed by atoms with E-state index in [-0.39, 0.29) is 11.3 Å². The van der Waals surface area contributed by atoms with Crippen LogP contribution in [-0.4, -0.2) is 42.0 Å². The lowest BCUT2D eigenvalue weighted by Gasteiger charge is -2.25. The summed E-state index contributed by atoms with van der Waals surface area (Å²) in [4.78, 5) is 27.1. The van der Waals surface area contributed by atoms with Crippen molar-refractivity contribution in [2.45, 2.75) is 19.4 Å². The van der Waals surface area contributed by atoms with Crippen LogP contribution in [0, 0.1) is 10.5 Å². The van der Waals surface area contributed by atoms with Gasteiger partial charge >= 0.3 is 0 Å². The monoisotopic (exact) mass is 491 g/mol. The van der Waals surface area contributed by atoms with E-state index in [1.54, 1.807) is 19.2 Å². The minimum atomic E-state index is -0.654. The molecule has 1 aliphatic rings. The van der Waals surface area contributed by atoms with E-state index in [1.807, 2.05) is 43.3 Å². The summed E-state index contributed by atoms with van der Waals surface area (Å²) < 4.78 is 6.14. The first-order valence-corrected chi connectivity index (χ1v) is 10.1. The smallest absolute Gasteiger partial charge is 0.295 e. The number of carbonyl (C=O) groups is 2. The van der Waals surface area contributed by atoms with E-state index in [0.717, 1.165) is 14.7 Å². The molecule has 2 aromatic carbocycles. The van der Waals surface area contributed by atoms with Gasteiger partial charge in [-0.1, -0.05) is 42.0 Å². The second-order valence-electron chi connectivity index (χ2n) is 6.76. The van der Waals surface area contributed by atoms with Gasteiger partial charge in [0.05, 0.1) is 11.6 Å². The molecule has 2 aromatic rings. The van der Waals surface area contributed by atoms with Crippen LogP contribution in [-0.2, 0) is 14.3 Å². The van der Waals surface area contributed by atoms with Crippen LogP contribution in [0.5, 0.6) is 0 Å². The SMILES string of the molecule is COCCCN1C(=O)C(=O)/C(=C(/O)c2ccc(C)cc2)[C@@H]1c1ccc(I)cc1.